The van der Waals surface area contributed by atoms with Crippen LogP contribution in [0.25, 0.3) is 11.3 Å². The number of rotatable bonds is 9. The van der Waals surface area contributed by atoms with Crippen molar-refractivity contribution >= 4 is 29.7 Å². The first kappa shape index (κ1) is 27.0. The van der Waals surface area contributed by atoms with Gasteiger partial charge in [0.1, 0.15) is 34.6 Å². The fourth-order valence-corrected chi connectivity index (χ4v) is 5.05. The molecule has 1 saturated heterocycles. The Morgan fingerprint density at radius 1 is 1.23 bits per heavy atom. The van der Waals surface area contributed by atoms with E-state index in [1.807, 2.05) is 0 Å². The number of methoxy groups -OCH3 is 1. The lowest BCUT2D eigenvalue weighted by Gasteiger charge is -2.20. The summed E-state index contributed by atoms with van der Waals surface area (Å²) in [5.41, 5.74) is 13.6. The van der Waals surface area contributed by atoms with E-state index in [1.165, 1.54) is 39.8 Å². The normalized spacial score (nSPS) is 19.4. The Hall–Kier alpha value is -4.55. The Bertz CT molecular complexity index is 1480. The highest BCUT2D eigenvalue weighted by molar-refractivity contribution is 6.03. The number of nitrogen functional groups attached to an aromatic ring is 1. The Balaban J connectivity index is 1.37. The zero-order valence-corrected chi connectivity index (χ0v) is 21.5. The van der Waals surface area contributed by atoms with E-state index in [2.05, 4.69) is 5.10 Å². The van der Waals surface area contributed by atoms with Gasteiger partial charge in [0.2, 0.25) is 12.3 Å². The molecule has 1 unspecified atom stereocenters. The number of ether oxygens (including phenoxy) is 1. The molecule has 2 aromatic carbocycles. The third-order valence-corrected chi connectivity index (χ3v) is 7.30. The van der Waals surface area contributed by atoms with E-state index in [1.54, 1.807) is 24.3 Å². The molecule has 40 heavy (non-hydrogen) atoms. The monoisotopic (exact) mass is 556 g/mol. The van der Waals surface area contributed by atoms with Crippen LogP contribution in [0.2, 0.25) is 0 Å². The Kier molecular flexibility index (Phi) is 6.90. The van der Waals surface area contributed by atoms with Crippen molar-refractivity contribution in [3.63, 3.8) is 0 Å². The third-order valence-electron chi connectivity index (χ3n) is 7.30. The summed E-state index contributed by atoms with van der Waals surface area (Å²) in [7, 11) is 1.42. The summed E-state index contributed by atoms with van der Waals surface area (Å²) in [5, 5.41) is 4.53. The number of benzene rings is 2. The second-order valence-corrected chi connectivity index (χ2v) is 9.91. The standard InChI is InChI=1S/C27H27F3N6O4/c1-40-21-7-6-17(28)10-20(21)35(14-37)12-15-2-4-16(5-3-15)23-22(25(32)38)24(31)36(33-23)18-8-9-34(13-18)26(39)19-11-27(19,29)30/h2-7,10,14,18-19H,8-9,11-13,31H2,1H3,(H2,32,38)/t18-,19?/m0/s1. The number of halogens is 3. The Morgan fingerprint density at radius 2 is 1.93 bits per heavy atom. The summed E-state index contributed by atoms with van der Waals surface area (Å²) in [6, 6.07) is 10.2. The van der Waals surface area contributed by atoms with Crippen molar-refractivity contribution in [3.05, 3.63) is 59.4 Å². The van der Waals surface area contributed by atoms with Crippen LogP contribution in [-0.2, 0) is 16.1 Å². The van der Waals surface area contributed by atoms with E-state index in [-0.39, 0.29) is 42.4 Å². The number of anilines is 2. The van der Waals surface area contributed by atoms with Crippen molar-refractivity contribution in [1.29, 1.82) is 0 Å². The van der Waals surface area contributed by atoms with Crippen LogP contribution in [0, 0.1) is 11.7 Å². The van der Waals surface area contributed by atoms with E-state index in [0.717, 1.165) is 0 Å². The molecular formula is C27H27F3N6O4. The van der Waals surface area contributed by atoms with Gasteiger partial charge in [0.05, 0.1) is 25.4 Å². The first-order valence-corrected chi connectivity index (χ1v) is 12.5. The van der Waals surface area contributed by atoms with Crippen LogP contribution in [-0.4, -0.2) is 59.0 Å². The number of amides is 3. The molecule has 2 heterocycles. The molecule has 13 heteroatoms. The predicted molar refractivity (Wildman–Crippen MR) is 139 cm³/mol. The molecule has 0 radical (unpaired) electrons. The van der Waals surface area contributed by atoms with Gasteiger partial charge in [0.15, 0.2) is 0 Å². The minimum Gasteiger partial charge on any atom is -0.495 e. The molecule has 5 rings (SSSR count). The van der Waals surface area contributed by atoms with E-state index < -0.39 is 41.9 Å². The quantitative estimate of drug-likeness (QED) is 0.389. The Labute approximate surface area is 227 Å². The lowest BCUT2D eigenvalue weighted by Crippen LogP contribution is -2.32. The fourth-order valence-electron chi connectivity index (χ4n) is 5.05. The summed E-state index contributed by atoms with van der Waals surface area (Å²) >= 11 is 0. The molecular weight excluding hydrogens is 529 g/mol. The largest absolute Gasteiger partial charge is 0.495 e. The van der Waals surface area contributed by atoms with E-state index in [9.17, 15) is 27.6 Å². The second-order valence-electron chi connectivity index (χ2n) is 9.91. The van der Waals surface area contributed by atoms with Gasteiger partial charge in [0.25, 0.3) is 11.8 Å². The van der Waals surface area contributed by atoms with E-state index in [0.29, 0.717) is 29.7 Å². The highest BCUT2D eigenvalue weighted by atomic mass is 19.3. The number of nitrogens with zero attached hydrogens (tertiary/aromatic N) is 4. The van der Waals surface area contributed by atoms with Gasteiger partial charge in [-0.05, 0) is 24.1 Å². The van der Waals surface area contributed by atoms with Crippen LogP contribution in [0.3, 0.4) is 0 Å². The molecule has 2 aliphatic rings. The van der Waals surface area contributed by atoms with Crippen LogP contribution in [0.1, 0.15) is 34.8 Å². The number of alkyl halides is 2. The molecule has 2 atom stereocenters. The molecule has 3 amide bonds. The Morgan fingerprint density at radius 3 is 2.52 bits per heavy atom. The van der Waals surface area contributed by atoms with Crippen LogP contribution < -0.4 is 21.1 Å². The zero-order valence-electron chi connectivity index (χ0n) is 21.5. The van der Waals surface area contributed by atoms with Crippen molar-refractivity contribution < 1.29 is 32.3 Å². The van der Waals surface area contributed by atoms with Crippen LogP contribution in [0.5, 0.6) is 5.75 Å². The third kappa shape index (κ3) is 4.94. The fraction of sp³-hybridized carbons (Fsp3) is 0.333. The van der Waals surface area contributed by atoms with Crippen molar-refractivity contribution in [2.45, 2.75) is 31.4 Å². The van der Waals surface area contributed by atoms with Gasteiger partial charge in [-0.25, -0.2) is 17.9 Å². The molecule has 1 aliphatic heterocycles. The van der Waals surface area contributed by atoms with Gasteiger partial charge in [-0.1, -0.05) is 24.3 Å². The summed E-state index contributed by atoms with van der Waals surface area (Å²) in [6.45, 7) is 0.516. The van der Waals surface area contributed by atoms with E-state index in [4.69, 9.17) is 16.2 Å². The first-order valence-electron chi connectivity index (χ1n) is 12.5. The van der Waals surface area contributed by atoms with Crippen molar-refractivity contribution in [1.82, 2.24) is 14.7 Å². The number of aromatic nitrogens is 2. The maximum atomic E-state index is 13.8. The van der Waals surface area contributed by atoms with Gasteiger partial charge in [-0.15, -0.1) is 0 Å². The molecule has 1 aliphatic carbocycles. The number of hydrogen-bond donors (Lipinski definition) is 2. The average Bonchev–Trinajstić information content (AvgIpc) is 3.23. The molecule has 0 bridgehead atoms. The molecule has 2 fully saturated rings. The number of carbonyl (C=O) groups excluding carboxylic acids is 3. The highest BCUT2D eigenvalue weighted by Gasteiger charge is 2.62. The van der Waals surface area contributed by atoms with Gasteiger partial charge >= 0.3 is 0 Å². The van der Waals surface area contributed by atoms with Crippen LogP contribution >= 0.6 is 0 Å². The van der Waals surface area contributed by atoms with Gasteiger partial charge in [-0.3, -0.25) is 14.4 Å². The molecule has 1 aromatic heterocycles. The number of carbonyl (C=O) groups is 3. The number of likely N-dealkylation sites (tertiary alicyclic amines) is 1. The highest BCUT2D eigenvalue weighted by Crippen LogP contribution is 2.50. The number of nitrogens with two attached hydrogens (primary N) is 2. The van der Waals surface area contributed by atoms with E-state index >= 15 is 0 Å². The van der Waals surface area contributed by atoms with Crippen molar-refractivity contribution in [3.8, 4) is 17.0 Å². The summed E-state index contributed by atoms with van der Waals surface area (Å²) in [4.78, 5) is 39.2. The SMILES string of the molecule is COc1ccc(F)cc1N(C=O)Cc1ccc(-c2nn([C@H]3CCN(C(=O)C4CC4(F)F)C3)c(N)c2C(N)=O)cc1. The lowest BCUT2D eigenvalue weighted by atomic mass is 10.0. The van der Waals surface area contributed by atoms with Gasteiger partial charge in [0, 0.05) is 31.1 Å². The summed E-state index contributed by atoms with van der Waals surface area (Å²) in [5.74, 6) is -5.80. The van der Waals surface area contributed by atoms with Crippen molar-refractivity contribution in [2.75, 3.05) is 30.8 Å². The zero-order chi connectivity index (χ0) is 28.8. The van der Waals surface area contributed by atoms with Crippen molar-refractivity contribution in [2.24, 2.45) is 11.7 Å². The molecule has 10 nitrogen and oxygen atoms in total. The molecule has 4 N–H and O–H groups in total. The maximum Gasteiger partial charge on any atom is 0.260 e. The van der Waals surface area contributed by atoms with Gasteiger partial charge < -0.3 is 26.0 Å². The predicted octanol–water partition coefficient (Wildman–Crippen LogP) is 2.97. The maximum absolute atomic E-state index is 13.8. The number of hydrogen-bond acceptors (Lipinski definition) is 6. The minimum atomic E-state index is -2.95. The lowest BCUT2D eigenvalue weighted by molar-refractivity contribution is -0.133. The molecule has 1 saturated carbocycles. The van der Waals surface area contributed by atoms with Crippen LogP contribution in [0.15, 0.2) is 42.5 Å². The molecule has 3 aromatic rings. The topological polar surface area (TPSA) is 137 Å². The van der Waals surface area contributed by atoms with Gasteiger partial charge in [-0.2, -0.15) is 5.10 Å². The second kappa shape index (κ2) is 10.2. The first-order chi connectivity index (χ1) is 19.0. The minimum absolute atomic E-state index is 0.00488. The average molecular weight is 557 g/mol. The summed E-state index contributed by atoms with van der Waals surface area (Å²) < 4.78 is 47.3. The smallest absolute Gasteiger partial charge is 0.260 e. The van der Waals surface area contributed by atoms with Crippen LogP contribution in [0.4, 0.5) is 24.7 Å². The number of primary amides is 1. The molecule has 210 valence electrons. The summed E-state index contributed by atoms with van der Waals surface area (Å²) in [6.07, 6.45) is 0.555. The molecule has 0 spiro atoms.